The topological polar surface area (TPSA) is 44.6 Å². The van der Waals surface area contributed by atoms with Crippen LogP contribution in [0.25, 0.3) is 0 Å². The molecule has 150 valence electrons. The third kappa shape index (κ3) is 7.44. The van der Waals surface area contributed by atoms with Gasteiger partial charge >= 0.3 is 0 Å². The third-order valence-electron chi connectivity index (χ3n) is 4.95. The molecule has 2 N–H and O–H groups in total. The second-order valence-corrected chi connectivity index (χ2v) is 7.68. The molecule has 1 saturated heterocycles. The molecule has 1 aliphatic heterocycles. The summed E-state index contributed by atoms with van der Waals surface area (Å²) < 4.78 is 1.88. The Kier molecular flexibility index (Phi) is 11.3. The van der Waals surface area contributed by atoms with Crippen LogP contribution in [-0.2, 0) is 13.6 Å². The lowest BCUT2D eigenvalue weighted by Gasteiger charge is -2.30. The lowest BCUT2D eigenvalue weighted by molar-refractivity contribution is 0.189. The van der Waals surface area contributed by atoms with E-state index in [4.69, 9.17) is 23.2 Å². The first-order valence-electron chi connectivity index (χ1n) is 9.17. The molecule has 2 rings (SSSR count). The Morgan fingerprint density at radius 3 is 2.50 bits per heavy atom. The molecule has 0 aromatic carbocycles. The Morgan fingerprint density at radius 2 is 1.92 bits per heavy atom. The highest BCUT2D eigenvalue weighted by Crippen LogP contribution is 2.24. The number of halogens is 3. The fourth-order valence-corrected chi connectivity index (χ4v) is 3.52. The number of guanidine groups is 1. The zero-order valence-electron chi connectivity index (χ0n) is 16.0. The Hall–Kier alpha value is -0.180. The molecule has 26 heavy (non-hydrogen) atoms. The Morgan fingerprint density at radius 1 is 1.23 bits per heavy atom. The molecule has 8 heteroatoms. The molecular formula is C18H32Cl2IN5. The summed E-state index contributed by atoms with van der Waals surface area (Å²) in [6.45, 7) is 7.66. The second kappa shape index (κ2) is 12.3. The summed E-state index contributed by atoms with van der Waals surface area (Å²) >= 11 is 12.1. The van der Waals surface area contributed by atoms with Gasteiger partial charge in [0.1, 0.15) is 5.15 Å². The van der Waals surface area contributed by atoms with E-state index in [1.807, 2.05) is 17.7 Å². The minimum absolute atomic E-state index is 0. The molecule has 5 nitrogen and oxygen atoms in total. The summed E-state index contributed by atoms with van der Waals surface area (Å²) in [5, 5.41) is 7.82. The quantitative estimate of drug-likeness (QED) is 0.248. The number of unbranched alkanes of at least 4 members (excludes halogenated alkanes) is 1. The number of nitrogens with zero attached hydrogens (tertiary/aromatic N) is 3. The van der Waals surface area contributed by atoms with E-state index in [9.17, 15) is 0 Å². The van der Waals surface area contributed by atoms with Crippen molar-refractivity contribution in [1.82, 2.24) is 20.1 Å². The fourth-order valence-electron chi connectivity index (χ4n) is 3.11. The predicted molar refractivity (Wildman–Crippen MR) is 123 cm³/mol. The van der Waals surface area contributed by atoms with Gasteiger partial charge in [-0.25, -0.2) is 0 Å². The molecule has 0 atom stereocenters. The normalized spacial score (nSPS) is 16.4. The van der Waals surface area contributed by atoms with Gasteiger partial charge in [0.15, 0.2) is 5.96 Å². The molecule has 0 saturated carbocycles. The molecule has 0 spiro atoms. The van der Waals surface area contributed by atoms with Gasteiger partial charge in [0.25, 0.3) is 0 Å². The SMILES string of the molecule is CN=C(NCCCCN1CCC(C)CC1)NCc1cc(Cl)c(Cl)n1C.I. The standard InChI is InChI=1S/C18H31Cl2N5.HI/c1-14-6-10-25(11-7-14)9-5-4-8-22-18(21-2)23-13-15-12-16(19)17(20)24(15)3;/h12,14H,4-11,13H2,1-3H3,(H2,21,22,23);1H. The summed E-state index contributed by atoms with van der Waals surface area (Å²) in [4.78, 5) is 6.86. The minimum atomic E-state index is 0. The van der Waals surface area contributed by atoms with Crippen molar-refractivity contribution in [3.8, 4) is 0 Å². The molecular weight excluding hydrogens is 484 g/mol. The number of hydrogen-bond acceptors (Lipinski definition) is 2. The average Bonchev–Trinajstić information content (AvgIpc) is 2.86. The number of likely N-dealkylation sites (tertiary alicyclic amines) is 1. The van der Waals surface area contributed by atoms with Crippen LogP contribution >= 0.6 is 47.2 Å². The Bertz CT molecular complexity index is 568. The van der Waals surface area contributed by atoms with Crippen molar-refractivity contribution < 1.29 is 0 Å². The van der Waals surface area contributed by atoms with E-state index in [0.717, 1.165) is 30.5 Å². The lowest BCUT2D eigenvalue weighted by Crippen LogP contribution is -2.38. The maximum absolute atomic E-state index is 6.09. The first-order valence-corrected chi connectivity index (χ1v) is 9.93. The lowest BCUT2D eigenvalue weighted by atomic mass is 9.99. The van der Waals surface area contributed by atoms with Gasteiger partial charge in [-0.15, -0.1) is 24.0 Å². The van der Waals surface area contributed by atoms with Gasteiger partial charge in [0.2, 0.25) is 0 Å². The molecule has 2 heterocycles. The molecule has 1 aliphatic rings. The van der Waals surface area contributed by atoms with Crippen molar-refractivity contribution in [3.05, 3.63) is 21.9 Å². The van der Waals surface area contributed by atoms with Gasteiger partial charge in [-0.1, -0.05) is 30.1 Å². The Balaban J connectivity index is 0.00000338. The zero-order valence-corrected chi connectivity index (χ0v) is 19.9. The van der Waals surface area contributed by atoms with E-state index in [2.05, 4.69) is 27.4 Å². The van der Waals surface area contributed by atoms with Crippen LogP contribution in [0, 0.1) is 5.92 Å². The van der Waals surface area contributed by atoms with Crippen LogP contribution in [0.4, 0.5) is 0 Å². The van der Waals surface area contributed by atoms with Crippen LogP contribution in [0.2, 0.25) is 10.2 Å². The van der Waals surface area contributed by atoms with Gasteiger partial charge in [-0.05, 0) is 57.3 Å². The molecule has 1 aromatic rings. The van der Waals surface area contributed by atoms with Gasteiger partial charge < -0.3 is 20.1 Å². The molecule has 1 fully saturated rings. The van der Waals surface area contributed by atoms with Crippen molar-refractivity contribution in [2.75, 3.05) is 33.2 Å². The maximum Gasteiger partial charge on any atom is 0.191 e. The zero-order chi connectivity index (χ0) is 18.2. The van der Waals surface area contributed by atoms with E-state index < -0.39 is 0 Å². The number of rotatable bonds is 7. The summed E-state index contributed by atoms with van der Waals surface area (Å²) in [5.41, 5.74) is 1.03. The number of piperidine rings is 1. The van der Waals surface area contributed by atoms with E-state index >= 15 is 0 Å². The van der Waals surface area contributed by atoms with Gasteiger partial charge in [0, 0.05) is 26.3 Å². The van der Waals surface area contributed by atoms with E-state index in [1.54, 1.807) is 7.05 Å². The highest BCUT2D eigenvalue weighted by atomic mass is 127. The summed E-state index contributed by atoms with van der Waals surface area (Å²) in [7, 11) is 3.69. The summed E-state index contributed by atoms with van der Waals surface area (Å²) in [5.74, 6) is 1.71. The van der Waals surface area contributed by atoms with E-state index in [1.165, 1.54) is 38.9 Å². The number of nitrogens with one attached hydrogen (secondary N) is 2. The second-order valence-electron chi connectivity index (χ2n) is 6.92. The number of aliphatic imine (C=N–C) groups is 1. The molecule has 0 aliphatic carbocycles. The van der Waals surface area contributed by atoms with Crippen LogP contribution in [-0.4, -0.2) is 48.7 Å². The van der Waals surface area contributed by atoms with Crippen molar-refractivity contribution in [2.24, 2.45) is 18.0 Å². The van der Waals surface area contributed by atoms with Crippen LogP contribution < -0.4 is 10.6 Å². The van der Waals surface area contributed by atoms with E-state index in [-0.39, 0.29) is 24.0 Å². The van der Waals surface area contributed by atoms with Crippen LogP contribution in [0.5, 0.6) is 0 Å². The van der Waals surface area contributed by atoms with Crippen molar-refractivity contribution >= 4 is 53.1 Å². The molecule has 0 bridgehead atoms. The largest absolute Gasteiger partial charge is 0.356 e. The van der Waals surface area contributed by atoms with Crippen LogP contribution in [0.3, 0.4) is 0 Å². The number of aromatic nitrogens is 1. The molecule has 1 aromatic heterocycles. The van der Waals surface area contributed by atoms with Crippen molar-refractivity contribution in [3.63, 3.8) is 0 Å². The smallest absolute Gasteiger partial charge is 0.191 e. The van der Waals surface area contributed by atoms with Gasteiger partial charge in [0.05, 0.1) is 11.6 Å². The number of hydrogen-bond donors (Lipinski definition) is 2. The third-order valence-corrected chi connectivity index (χ3v) is 5.79. The first-order chi connectivity index (χ1) is 12.0. The predicted octanol–water partition coefficient (Wildman–Crippen LogP) is 4.13. The van der Waals surface area contributed by atoms with Crippen LogP contribution in [0.1, 0.15) is 38.3 Å². The summed E-state index contributed by atoms with van der Waals surface area (Å²) in [6, 6.07) is 1.88. The Labute approximate surface area is 184 Å². The summed E-state index contributed by atoms with van der Waals surface area (Å²) in [6.07, 6.45) is 5.07. The van der Waals surface area contributed by atoms with Crippen molar-refractivity contribution in [1.29, 1.82) is 0 Å². The molecule has 0 unspecified atom stereocenters. The molecule has 0 radical (unpaired) electrons. The van der Waals surface area contributed by atoms with Crippen LogP contribution in [0.15, 0.2) is 11.1 Å². The first kappa shape index (κ1) is 23.9. The van der Waals surface area contributed by atoms with Gasteiger partial charge in [-0.2, -0.15) is 0 Å². The van der Waals surface area contributed by atoms with Crippen molar-refractivity contribution in [2.45, 2.75) is 39.2 Å². The fraction of sp³-hybridized carbons (Fsp3) is 0.722. The average molecular weight is 516 g/mol. The molecule has 0 amide bonds. The minimum Gasteiger partial charge on any atom is -0.356 e. The monoisotopic (exact) mass is 515 g/mol. The van der Waals surface area contributed by atoms with E-state index in [0.29, 0.717) is 16.7 Å². The highest BCUT2D eigenvalue weighted by molar-refractivity contribution is 14.0. The van der Waals surface area contributed by atoms with Gasteiger partial charge in [-0.3, -0.25) is 4.99 Å². The highest BCUT2D eigenvalue weighted by Gasteiger charge is 2.14. The maximum atomic E-state index is 6.09.